The second-order valence-electron chi connectivity index (χ2n) is 9.00. The third-order valence-corrected chi connectivity index (χ3v) is 11.0. The Kier molecular flexibility index (Phi) is 13.2. The summed E-state index contributed by atoms with van der Waals surface area (Å²) >= 11 is 0.950. The Morgan fingerprint density at radius 2 is 0.390 bits per heavy atom. The number of hydrogen-bond donors (Lipinski definition) is 0. The van der Waals surface area contributed by atoms with Gasteiger partial charge in [-0.2, -0.15) is 0 Å². The Morgan fingerprint density at radius 3 is 0.512 bits per heavy atom. The van der Waals surface area contributed by atoms with Crippen LogP contribution in [0, 0.1) is 0 Å². The van der Waals surface area contributed by atoms with Crippen LogP contribution < -0.4 is 31.8 Å². The van der Waals surface area contributed by atoms with Crippen molar-refractivity contribution in [3.05, 3.63) is 182 Å². The van der Waals surface area contributed by atoms with Crippen LogP contribution in [0.4, 0.5) is 0 Å². The van der Waals surface area contributed by atoms with Crippen LogP contribution in [-0.2, 0) is 18.0 Å². The van der Waals surface area contributed by atoms with E-state index in [4.69, 9.17) is 0 Å². The fourth-order valence-corrected chi connectivity index (χ4v) is 8.97. The Hall–Kier alpha value is -3.16. The molecule has 0 unspecified atom stereocenters. The van der Waals surface area contributed by atoms with Crippen LogP contribution in [0.25, 0.3) is 0 Å². The number of benzene rings is 6. The molecule has 3 heteroatoms. The Bertz CT molecular complexity index is 1190. The third kappa shape index (κ3) is 9.44. The molecule has 0 aliphatic heterocycles. The molecule has 0 aliphatic carbocycles. The van der Waals surface area contributed by atoms with Crippen molar-refractivity contribution in [2.24, 2.45) is 0 Å². The smallest absolute Gasteiger partial charge is 0.0134 e. The fraction of sp³-hybridized carbons (Fsp3) is 0.0526. The molecule has 0 heterocycles. The maximum atomic E-state index is 2.23. The van der Waals surface area contributed by atoms with Gasteiger partial charge in [0.25, 0.3) is 0 Å². The summed E-state index contributed by atoms with van der Waals surface area (Å²) in [7, 11) is -0.892. The van der Waals surface area contributed by atoms with Crippen molar-refractivity contribution >= 4 is 47.7 Å². The minimum atomic E-state index is -0.446. The molecule has 0 saturated carbocycles. The molecule has 208 valence electrons. The largest absolute Gasteiger partial charge is 0.0622 e. The van der Waals surface area contributed by atoms with Crippen molar-refractivity contribution in [1.29, 1.82) is 0 Å². The number of rotatable bonds is 6. The van der Waals surface area contributed by atoms with E-state index in [1.165, 1.54) is 31.8 Å². The maximum Gasteiger partial charge on any atom is -0.0134 e. The SMILES string of the molecule is [CH3][Pd][CH3].c1ccc(P(c2ccccc2)c2ccccc2)cc1.c1ccc(P(c2ccccc2)c2ccccc2)cc1. The van der Waals surface area contributed by atoms with Crippen molar-refractivity contribution in [3.8, 4) is 0 Å². The average Bonchev–Trinajstić information content (AvgIpc) is 3.05. The Balaban J connectivity index is 0.000000173. The molecule has 0 N–H and O–H groups in total. The van der Waals surface area contributed by atoms with Crippen molar-refractivity contribution in [3.63, 3.8) is 0 Å². The zero-order valence-electron chi connectivity index (χ0n) is 23.5. The Morgan fingerprint density at radius 1 is 0.268 bits per heavy atom. The van der Waals surface area contributed by atoms with Gasteiger partial charge < -0.3 is 0 Å². The van der Waals surface area contributed by atoms with Crippen LogP contribution in [0.2, 0.25) is 10.8 Å². The van der Waals surface area contributed by atoms with E-state index in [2.05, 4.69) is 193 Å². The first kappa shape index (κ1) is 30.8. The van der Waals surface area contributed by atoms with E-state index < -0.39 is 15.8 Å². The maximum absolute atomic E-state index is 2.23. The van der Waals surface area contributed by atoms with Gasteiger partial charge in [-0.3, -0.25) is 0 Å². The second-order valence-corrected chi connectivity index (χ2v) is 15.0. The first-order valence-electron chi connectivity index (χ1n) is 13.4. The molecule has 0 nitrogen and oxygen atoms in total. The summed E-state index contributed by atoms with van der Waals surface area (Å²) in [4.78, 5) is 0. The molecule has 0 aromatic heterocycles. The van der Waals surface area contributed by atoms with Gasteiger partial charge in [-0.15, -0.1) is 0 Å². The summed E-state index contributed by atoms with van der Waals surface area (Å²) in [6, 6.07) is 64.7. The molecule has 0 spiro atoms. The van der Waals surface area contributed by atoms with E-state index in [1.807, 2.05) is 0 Å². The third-order valence-electron chi connectivity index (χ3n) is 6.09. The van der Waals surface area contributed by atoms with Gasteiger partial charge in [0.05, 0.1) is 0 Å². The molecule has 0 bridgehead atoms. The van der Waals surface area contributed by atoms with Gasteiger partial charge in [-0.1, -0.05) is 182 Å². The summed E-state index contributed by atoms with van der Waals surface area (Å²) < 4.78 is 0. The predicted molar refractivity (Wildman–Crippen MR) is 182 cm³/mol. The minimum Gasteiger partial charge on any atom is -0.0622 e. The molecule has 6 aromatic carbocycles. The van der Waals surface area contributed by atoms with Crippen molar-refractivity contribution in [2.75, 3.05) is 0 Å². The second kappa shape index (κ2) is 17.6. The topological polar surface area (TPSA) is 0 Å². The van der Waals surface area contributed by atoms with Crippen LogP contribution >= 0.6 is 15.8 Å². The van der Waals surface area contributed by atoms with Gasteiger partial charge in [0, 0.05) is 0 Å². The van der Waals surface area contributed by atoms with Gasteiger partial charge >= 0.3 is 28.8 Å². The van der Waals surface area contributed by atoms with Gasteiger partial charge in [-0.05, 0) is 47.7 Å². The molecule has 0 radical (unpaired) electrons. The van der Waals surface area contributed by atoms with E-state index in [0.29, 0.717) is 0 Å². The molecular weight excluding hydrogens is 625 g/mol. The molecule has 6 aromatic rings. The first-order chi connectivity index (χ1) is 20.3. The van der Waals surface area contributed by atoms with E-state index in [0.717, 1.165) is 18.0 Å². The predicted octanol–water partition coefficient (Wildman–Crippen LogP) is 8.05. The molecular formula is C38H36P2Pd. The monoisotopic (exact) mass is 660 g/mol. The summed E-state index contributed by atoms with van der Waals surface area (Å²) in [5.41, 5.74) is 0. The van der Waals surface area contributed by atoms with E-state index >= 15 is 0 Å². The van der Waals surface area contributed by atoms with E-state index in [9.17, 15) is 0 Å². The molecule has 0 atom stereocenters. The van der Waals surface area contributed by atoms with Gasteiger partial charge in [0.15, 0.2) is 0 Å². The van der Waals surface area contributed by atoms with Gasteiger partial charge in [-0.25, -0.2) is 0 Å². The quantitative estimate of drug-likeness (QED) is 0.125. The summed E-state index contributed by atoms with van der Waals surface area (Å²) in [6.45, 7) is 0. The molecule has 0 fully saturated rings. The van der Waals surface area contributed by atoms with Crippen LogP contribution in [-0.4, -0.2) is 0 Å². The van der Waals surface area contributed by atoms with Crippen molar-refractivity contribution in [1.82, 2.24) is 0 Å². The molecule has 0 amide bonds. The van der Waals surface area contributed by atoms with E-state index in [1.54, 1.807) is 0 Å². The van der Waals surface area contributed by atoms with Crippen LogP contribution in [0.15, 0.2) is 182 Å². The first-order valence-corrected chi connectivity index (χ1v) is 19.2. The zero-order valence-corrected chi connectivity index (χ0v) is 26.9. The molecule has 0 saturated heterocycles. The normalized spacial score (nSPS) is 10.3. The van der Waals surface area contributed by atoms with E-state index in [-0.39, 0.29) is 0 Å². The molecule has 6 rings (SSSR count). The van der Waals surface area contributed by atoms with Crippen LogP contribution in [0.5, 0.6) is 0 Å². The summed E-state index contributed by atoms with van der Waals surface area (Å²) in [6.07, 6.45) is 0. The summed E-state index contributed by atoms with van der Waals surface area (Å²) in [5.74, 6) is 0. The molecule has 41 heavy (non-hydrogen) atoms. The standard InChI is InChI=1S/2C18H15P.2CH3.Pd/c2*1-4-10-16(11-5-1)19(17-12-6-2-7-13-17)18-14-8-3-9-15-18;;;/h2*1-15H;2*1H3;. The van der Waals surface area contributed by atoms with Crippen LogP contribution in [0.1, 0.15) is 0 Å². The average molecular weight is 661 g/mol. The molecule has 0 aliphatic rings. The zero-order chi connectivity index (χ0) is 28.5. The van der Waals surface area contributed by atoms with Gasteiger partial charge in [0.1, 0.15) is 0 Å². The Labute approximate surface area is 257 Å². The fourth-order valence-electron chi connectivity index (χ4n) is 4.36. The summed E-state index contributed by atoms with van der Waals surface area (Å²) in [5, 5.41) is 12.7. The van der Waals surface area contributed by atoms with Crippen molar-refractivity contribution in [2.45, 2.75) is 10.8 Å². The minimum absolute atomic E-state index is 0.446. The van der Waals surface area contributed by atoms with Crippen molar-refractivity contribution < 1.29 is 18.0 Å². The van der Waals surface area contributed by atoms with Crippen LogP contribution in [0.3, 0.4) is 0 Å². The number of hydrogen-bond acceptors (Lipinski definition) is 0. The van der Waals surface area contributed by atoms with Gasteiger partial charge in [0.2, 0.25) is 0 Å².